The van der Waals surface area contributed by atoms with E-state index in [-0.39, 0.29) is 18.6 Å². The summed E-state index contributed by atoms with van der Waals surface area (Å²) in [6.45, 7) is 0.591. The van der Waals surface area contributed by atoms with Crippen LogP contribution in [0.4, 0.5) is 9.18 Å². The van der Waals surface area contributed by atoms with E-state index in [0.29, 0.717) is 18.0 Å². The van der Waals surface area contributed by atoms with Crippen LogP contribution in [0, 0.1) is 5.82 Å². The molecule has 0 aromatic heterocycles. The van der Waals surface area contributed by atoms with Crippen LogP contribution in [0.15, 0.2) is 48.7 Å². The topological polar surface area (TPSA) is 59.6 Å². The Bertz CT molecular complexity index is 729. The first-order valence-electron chi connectivity index (χ1n) is 7.06. The van der Waals surface area contributed by atoms with Gasteiger partial charge in [-0.3, -0.25) is 0 Å². The lowest BCUT2D eigenvalue weighted by Gasteiger charge is -2.05. The van der Waals surface area contributed by atoms with Crippen molar-refractivity contribution in [1.29, 1.82) is 0 Å². The Morgan fingerprint density at radius 1 is 1.13 bits per heavy atom. The molecule has 2 aromatic carbocycles. The molecule has 0 saturated heterocycles. The van der Waals surface area contributed by atoms with Crippen molar-refractivity contribution in [2.45, 2.75) is 6.54 Å². The van der Waals surface area contributed by atoms with Crippen molar-refractivity contribution < 1.29 is 18.7 Å². The summed E-state index contributed by atoms with van der Waals surface area (Å²) in [5.41, 5.74) is 1.70. The highest BCUT2D eigenvalue weighted by Gasteiger charge is 2.13. The van der Waals surface area contributed by atoms with Crippen LogP contribution in [-0.2, 0) is 6.54 Å². The van der Waals surface area contributed by atoms with E-state index < -0.39 is 0 Å². The SMILES string of the molecule is O=C(N/C=C/c1ccc(F)cc1)NCc1ccc2c(c1)OCO2. The minimum absolute atomic E-state index is 0.223. The van der Waals surface area contributed by atoms with Crippen molar-refractivity contribution in [3.05, 3.63) is 65.6 Å². The third kappa shape index (κ3) is 4.00. The molecule has 0 bridgehead atoms. The maximum Gasteiger partial charge on any atom is 0.319 e. The van der Waals surface area contributed by atoms with Crippen LogP contribution in [0.5, 0.6) is 11.5 Å². The average Bonchev–Trinajstić information content (AvgIpc) is 3.02. The van der Waals surface area contributed by atoms with Crippen molar-refractivity contribution >= 4 is 12.1 Å². The van der Waals surface area contributed by atoms with Crippen molar-refractivity contribution in [1.82, 2.24) is 10.6 Å². The number of urea groups is 1. The molecule has 1 aliphatic rings. The van der Waals surface area contributed by atoms with Gasteiger partial charge in [-0.2, -0.15) is 0 Å². The molecule has 0 spiro atoms. The predicted molar refractivity (Wildman–Crippen MR) is 83.4 cm³/mol. The van der Waals surface area contributed by atoms with E-state index in [9.17, 15) is 9.18 Å². The molecular weight excluding hydrogens is 299 g/mol. The normalized spacial score (nSPS) is 12.4. The first-order chi connectivity index (χ1) is 11.2. The maximum atomic E-state index is 12.8. The highest BCUT2D eigenvalue weighted by atomic mass is 19.1. The Balaban J connectivity index is 1.47. The molecule has 0 unspecified atom stereocenters. The van der Waals surface area contributed by atoms with E-state index >= 15 is 0 Å². The molecule has 23 heavy (non-hydrogen) atoms. The number of carbonyl (C=O) groups is 1. The second-order valence-corrected chi connectivity index (χ2v) is 4.90. The Labute approximate surface area is 132 Å². The van der Waals surface area contributed by atoms with Crippen LogP contribution in [0.25, 0.3) is 6.08 Å². The van der Waals surface area contributed by atoms with Crippen molar-refractivity contribution in [3.63, 3.8) is 0 Å². The molecule has 118 valence electrons. The summed E-state index contributed by atoms with van der Waals surface area (Å²) in [4.78, 5) is 11.7. The second-order valence-electron chi connectivity index (χ2n) is 4.90. The molecule has 5 nitrogen and oxygen atoms in total. The van der Waals surface area contributed by atoms with Gasteiger partial charge in [0.05, 0.1) is 0 Å². The molecule has 0 aliphatic carbocycles. The zero-order valence-electron chi connectivity index (χ0n) is 12.2. The highest BCUT2D eigenvalue weighted by Crippen LogP contribution is 2.32. The van der Waals surface area contributed by atoms with Crippen molar-refractivity contribution in [2.24, 2.45) is 0 Å². The molecule has 0 fully saturated rings. The molecule has 6 heteroatoms. The van der Waals surface area contributed by atoms with Gasteiger partial charge in [0.15, 0.2) is 11.5 Å². The van der Waals surface area contributed by atoms with Gasteiger partial charge in [-0.1, -0.05) is 18.2 Å². The molecular formula is C17H15FN2O3. The Hall–Kier alpha value is -3.02. The highest BCUT2D eigenvalue weighted by molar-refractivity contribution is 5.75. The van der Waals surface area contributed by atoms with E-state index in [1.807, 2.05) is 18.2 Å². The Kier molecular flexibility index (Phi) is 4.42. The minimum Gasteiger partial charge on any atom is -0.454 e. The Morgan fingerprint density at radius 2 is 1.91 bits per heavy atom. The molecule has 1 heterocycles. The summed E-state index contributed by atoms with van der Waals surface area (Å²) in [6.07, 6.45) is 3.18. The first-order valence-corrected chi connectivity index (χ1v) is 7.06. The van der Waals surface area contributed by atoms with E-state index in [0.717, 1.165) is 11.1 Å². The fourth-order valence-electron chi connectivity index (χ4n) is 2.07. The number of rotatable bonds is 4. The fraction of sp³-hybridized carbons (Fsp3) is 0.118. The summed E-state index contributed by atoms with van der Waals surface area (Å²) in [5, 5.41) is 5.32. The minimum atomic E-state index is -0.332. The van der Waals surface area contributed by atoms with Crippen molar-refractivity contribution in [2.75, 3.05) is 6.79 Å². The van der Waals surface area contributed by atoms with Gasteiger partial charge in [0.1, 0.15) is 5.82 Å². The largest absolute Gasteiger partial charge is 0.454 e. The number of benzene rings is 2. The zero-order valence-corrected chi connectivity index (χ0v) is 12.2. The van der Waals surface area contributed by atoms with Crippen LogP contribution in [-0.4, -0.2) is 12.8 Å². The lowest BCUT2D eigenvalue weighted by atomic mass is 10.2. The van der Waals surface area contributed by atoms with Gasteiger partial charge in [0.2, 0.25) is 6.79 Å². The molecule has 2 N–H and O–H groups in total. The quantitative estimate of drug-likeness (QED) is 0.912. The average molecular weight is 314 g/mol. The number of amides is 2. The van der Waals surface area contributed by atoms with Gasteiger partial charge in [0, 0.05) is 12.7 Å². The third-order valence-electron chi connectivity index (χ3n) is 3.25. The lowest BCUT2D eigenvalue weighted by molar-refractivity contribution is 0.174. The lowest BCUT2D eigenvalue weighted by Crippen LogP contribution is -2.31. The van der Waals surface area contributed by atoms with Crippen LogP contribution in [0.3, 0.4) is 0 Å². The van der Waals surface area contributed by atoms with Gasteiger partial charge in [-0.15, -0.1) is 0 Å². The molecule has 2 aromatic rings. The van der Waals surface area contributed by atoms with E-state index in [4.69, 9.17) is 9.47 Å². The number of hydrogen-bond acceptors (Lipinski definition) is 3. The zero-order chi connectivity index (χ0) is 16.1. The van der Waals surface area contributed by atoms with Crippen LogP contribution < -0.4 is 20.1 Å². The molecule has 0 saturated carbocycles. The van der Waals surface area contributed by atoms with E-state index in [1.165, 1.54) is 18.3 Å². The monoisotopic (exact) mass is 314 g/mol. The molecule has 0 radical (unpaired) electrons. The summed E-state index contributed by atoms with van der Waals surface area (Å²) in [6, 6.07) is 11.1. The smallest absolute Gasteiger partial charge is 0.319 e. The molecule has 3 rings (SSSR count). The number of hydrogen-bond donors (Lipinski definition) is 2. The number of fused-ring (bicyclic) bond motifs is 1. The predicted octanol–water partition coefficient (Wildman–Crippen LogP) is 3.02. The summed E-state index contributed by atoms with van der Waals surface area (Å²) in [5.74, 6) is 1.10. The van der Waals surface area contributed by atoms with Gasteiger partial charge in [0.25, 0.3) is 0 Å². The molecule has 0 atom stereocenters. The van der Waals surface area contributed by atoms with Gasteiger partial charge in [-0.25, -0.2) is 9.18 Å². The Morgan fingerprint density at radius 3 is 2.74 bits per heavy atom. The third-order valence-corrected chi connectivity index (χ3v) is 3.25. The molecule has 2 amide bonds. The van der Waals surface area contributed by atoms with Gasteiger partial charge < -0.3 is 20.1 Å². The van der Waals surface area contributed by atoms with E-state index in [1.54, 1.807) is 18.2 Å². The summed E-state index contributed by atoms with van der Waals surface area (Å²) >= 11 is 0. The van der Waals surface area contributed by atoms with Gasteiger partial charge >= 0.3 is 6.03 Å². The standard InChI is InChI=1S/C17H15FN2O3/c18-14-4-1-12(2-5-14)7-8-19-17(21)20-10-13-3-6-15-16(9-13)23-11-22-15/h1-9H,10-11H2,(H2,19,20,21)/b8-7+. The number of ether oxygens (including phenoxy) is 2. The maximum absolute atomic E-state index is 12.8. The molecule has 1 aliphatic heterocycles. The van der Waals surface area contributed by atoms with Crippen LogP contribution in [0.2, 0.25) is 0 Å². The van der Waals surface area contributed by atoms with Crippen molar-refractivity contribution in [3.8, 4) is 11.5 Å². The van der Waals surface area contributed by atoms with Gasteiger partial charge in [-0.05, 0) is 41.5 Å². The summed E-state index contributed by atoms with van der Waals surface area (Å²) < 4.78 is 23.3. The first kappa shape index (κ1) is 14.9. The van der Waals surface area contributed by atoms with E-state index in [2.05, 4.69) is 10.6 Å². The van der Waals surface area contributed by atoms with Crippen LogP contribution >= 0.6 is 0 Å². The second kappa shape index (κ2) is 6.83. The number of carbonyl (C=O) groups excluding carboxylic acids is 1. The summed E-state index contributed by atoms with van der Waals surface area (Å²) in [7, 11) is 0. The fourth-order valence-corrected chi connectivity index (χ4v) is 2.07. The van der Waals surface area contributed by atoms with Crippen LogP contribution in [0.1, 0.15) is 11.1 Å². The number of nitrogens with one attached hydrogen (secondary N) is 2. The number of halogens is 1.